The molecule has 1 aromatic carbocycles. The number of para-hydroxylation sites is 2. The second kappa shape index (κ2) is 7.39. The highest BCUT2D eigenvalue weighted by molar-refractivity contribution is 5.93. The van der Waals surface area contributed by atoms with Crippen molar-refractivity contribution < 1.29 is 4.79 Å². The summed E-state index contributed by atoms with van der Waals surface area (Å²) in [5.41, 5.74) is 2.51. The lowest BCUT2D eigenvalue weighted by molar-refractivity contribution is 0.0681. The van der Waals surface area contributed by atoms with E-state index in [1.54, 1.807) is 21.7 Å². The second-order valence-corrected chi connectivity index (χ2v) is 8.52. The Hall–Kier alpha value is -3.09. The first-order chi connectivity index (χ1) is 13.8. The molecule has 150 valence electrons. The van der Waals surface area contributed by atoms with Gasteiger partial charge in [-0.25, -0.2) is 9.67 Å². The van der Waals surface area contributed by atoms with E-state index in [9.17, 15) is 9.59 Å². The van der Waals surface area contributed by atoms with Crippen molar-refractivity contribution in [1.29, 1.82) is 0 Å². The van der Waals surface area contributed by atoms with Gasteiger partial charge >= 0.3 is 0 Å². The molecule has 0 N–H and O–H groups in total. The Morgan fingerprint density at radius 1 is 1.03 bits per heavy atom. The van der Waals surface area contributed by atoms with Crippen LogP contribution in [0, 0.1) is 0 Å². The first-order valence-corrected chi connectivity index (χ1v) is 9.94. The van der Waals surface area contributed by atoms with E-state index in [-0.39, 0.29) is 22.9 Å². The van der Waals surface area contributed by atoms with Crippen molar-refractivity contribution in [2.45, 2.75) is 45.1 Å². The molecule has 1 aliphatic heterocycles. The van der Waals surface area contributed by atoms with Gasteiger partial charge in [0.2, 0.25) is 0 Å². The standard InChI is InChI=1S/C22H25N5O2/c1-22(2,3)19-8-9-20(28)27(25-19)15-10-12-26(13-11-15)21(29)18-14-23-16-6-4-5-7-17(16)24-18/h4-9,14-15H,10-13H2,1-3H3. The fourth-order valence-corrected chi connectivity index (χ4v) is 3.62. The summed E-state index contributed by atoms with van der Waals surface area (Å²) in [6, 6.07) is 10.9. The summed E-state index contributed by atoms with van der Waals surface area (Å²) < 4.78 is 1.60. The summed E-state index contributed by atoms with van der Waals surface area (Å²) in [6.45, 7) is 7.36. The van der Waals surface area contributed by atoms with Crippen LogP contribution in [0.5, 0.6) is 0 Å². The quantitative estimate of drug-likeness (QED) is 0.671. The molecular formula is C22H25N5O2. The van der Waals surface area contributed by atoms with E-state index in [0.29, 0.717) is 37.1 Å². The molecule has 0 atom stereocenters. The highest BCUT2D eigenvalue weighted by Crippen LogP contribution is 2.24. The van der Waals surface area contributed by atoms with E-state index in [2.05, 4.69) is 35.8 Å². The first-order valence-electron chi connectivity index (χ1n) is 9.94. The molecular weight excluding hydrogens is 366 g/mol. The maximum Gasteiger partial charge on any atom is 0.274 e. The number of carbonyl (C=O) groups is 1. The Labute approximate surface area is 169 Å². The smallest absolute Gasteiger partial charge is 0.274 e. The van der Waals surface area contributed by atoms with E-state index in [4.69, 9.17) is 0 Å². The largest absolute Gasteiger partial charge is 0.337 e. The van der Waals surface area contributed by atoms with Crippen molar-refractivity contribution in [1.82, 2.24) is 24.6 Å². The van der Waals surface area contributed by atoms with Crippen LogP contribution >= 0.6 is 0 Å². The molecule has 1 aliphatic rings. The normalized spacial score (nSPS) is 15.6. The summed E-state index contributed by atoms with van der Waals surface area (Å²) in [6.07, 6.45) is 2.91. The van der Waals surface area contributed by atoms with E-state index in [1.807, 2.05) is 24.3 Å². The molecule has 1 fully saturated rings. The Morgan fingerprint density at radius 3 is 2.41 bits per heavy atom. The number of hydrogen-bond acceptors (Lipinski definition) is 5. The topological polar surface area (TPSA) is 81.0 Å². The van der Waals surface area contributed by atoms with Gasteiger partial charge in [0, 0.05) is 24.6 Å². The monoisotopic (exact) mass is 391 g/mol. The van der Waals surface area contributed by atoms with Crippen LogP contribution in [0.2, 0.25) is 0 Å². The van der Waals surface area contributed by atoms with Crippen LogP contribution in [0.25, 0.3) is 11.0 Å². The zero-order chi connectivity index (χ0) is 20.6. The molecule has 29 heavy (non-hydrogen) atoms. The molecule has 7 nitrogen and oxygen atoms in total. The minimum atomic E-state index is -0.124. The van der Waals surface area contributed by atoms with Crippen LogP contribution in [-0.4, -0.2) is 43.6 Å². The lowest BCUT2D eigenvalue weighted by Crippen LogP contribution is -2.42. The minimum Gasteiger partial charge on any atom is -0.337 e. The number of piperidine rings is 1. The summed E-state index contributed by atoms with van der Waals surface area (Å²) in [4.78, 5) is 35.8. The summed E-state index contributed by atoms with van der Waals surface area (Å²) in [5.74, 6) is -0.120. The van der Waals surface area contributed by atoms with Crippen LogP contribution in [0.1, 0.15) is 55.8 Å². The van der Waals surface area contributed by atoms with Gasteiger partial charge in [0.05, 0.1) is 29.0 Å². The van der Waals surface area contributed by atoms with E-state index in [1.165, 1.54) is 6.20 Å². The maximum atomic E-state index is 12.9. The Balaban J connectivity index is 1.49. The van der Waals surface area contributed by atoms with Gasteiger partial charge in [-0.2, -0.15) is 5.10 Å². The third kappa shape index (κ3) is 3.90. The van der Waals surface area contributed by atoms with Crippen LogP contribution < -0.4 is 5.56 Å². The number of hydrogen-bond donors (Lipinski definition) is 0. The van der Waals surface area contributed by atoms with E-state index in [0.717, 1.165) is 11.2 Å². The van der Waals surface area contributed by atoms with Crippen molar-refractivity contribution in [3.63, 3.8) is 0 Å². The van der Waals surface area contributed by atoms with Crippen LogP contribution in [0.15, 0.2) is 47.4 Å². The van der Waals surface area contributed by atoms with Crippen LogP contribution in [-0.2, 0) is 5.41 Å². The maximum absolute atomic E-state index is 12.9. The van der Waals surface area contributed by atoms with Gasteiger partial charge in [0.25, 0.3) is 11.5 Å². The molecule has 3 heterocycles. The van der Waals surface area contributed by atoms with Crippen LogP contribution in [0.4, 0.5) is 0 Å². The average molecular weight is 391 g/mol. The fraction of sp³-hybridized carbons (Fsp3) is 0.409. The van der Waals surface area contributed by atoms with Gasteiger partial charge in [0.15, 0.2) is 0 Å². The van der Waals surface area contributed by atoms with Crippen molar-refractivity contribution in [2.75, 3.05) is 13.1 Å². The van der Waals surface area contributed by atoms with Gasteiger partial charge in [-0.05, 0) is 31.0 Å². The lowest BCUT2D eigenvalue weighted by atomic mass is 9.92. The number of likely N-dealkylation sites (tertiary alicyclic amines) is 1. The highest BCUT2D eigenvalue weighted by Gasteiger charge is 2.27. The van der Waals surface area contributed by atoms with Crippen molar-refractivity contribution in [3.05, 3.63) is 64.3 Å². The molecule has 0 radical (unpaired) electrons. The Morgan fingerprint density at radius 2 is 1.72 bits per heavy atom. The Bertz CT molecular complexity index is 1110. The molecule has 1 saturated heterocycles. The predicted molar refractivity (Wildman–Crippen MR) is 111 cm³/mol. The average Bonchev–Trinajstić information content (AvgIpc) is 2.72. The molecule has 0 unspecified atom stereocenters. The molecule has 0 aliphatic carbocycles. The predicted octanol–water partition coefficient (Wildman–Crippen LogP) is 2.96. The van der Waals surface area contributed by atoms with E-state index < -0.39 is 0 Å². The zero-order valence-electron chi connectivity index (χ0n) is 17.0. The number of benzene rings is 1. The molecule has 2 aromatic heterocycles. The van der Waals surface area contributed by atoms with Crippen molar-refractivity contribution in [2.24, 2.45) is 0 Å². The van der Waals surface area contributed by atoms with Gasteiger partial charge in [-0.1, -0.05) is 32.9 Å². The van der Waals surface area contributed by atoms with Crippen LogP contribution in [0.3, 0.4) is 0 Å². The molecule has 4 rings (SSSR count). The molecule has 0 spiro atoms. The number of nitrogens with zero attached hydrogens (tertiary/aromatic N) is 5. The summed E-state index contributed by atoms with van der Waals surface area (Å²) in [7, 11) is 0. The third-order valence-corrected chi connectivity index (χ3v) is 5.36. The van der Waals surface area contributed by atoms with Gasteiger partial charge in [0.1, 0.15) is 5.69 Å². The Kier molecular flexibility index (Phi) is 4.90. The SMILES string of the molecule is CC(C)(C)c1ccc(=O)n(C2CCN(C(=O)c3cnc4ccccc4n3)CC2)n1. The number of amides is 1. The van der Waals surface area contributed by atoms with Gasteiger partial charge in [-0.3, -0.25) is 14.6 Å². The molecule has 3 aromatic rings. The number of aromatic nitrogens is 4. The fourth-order valence-electron chi connectivity index (χ4n) is 3.62. The van der Waals surface area contributed by atoms with Crippen molar-refractivity contribution in [3.8, 4) is 0 Å². The molecule has 0 bridgehead atoms. The molecule has 1 amide bonds. The number of carbonyl (C=O) groups excluding carboxylic acids is 1. The number of rotatable bonds is 2. The molecule has 7 heteroatoms. The zero-order valence-corrected chi connectivity index (χ0v) is 17.0. The van der Waals surface area contributed by atoms with Gasteiger partial charge in [-0.15, -0.1) is 0 Å². The first kappa shape index (κ1) is 19.2. The third-order valence-electron chi connectivity index (χ3n) is 5.36. The summed E-state index contributed by atoms with van der Waals surface area (Å²) in [5, 5.41) is 4.61. The second-order valence-electron chi connectivity index (χ2n) is 8.52. The van der Waals surface area contributed by atoms with Gasteiger partial charge < -0.3 is 4.90 Å². The molecule has 0 saturated carbocycles. The minimum absolute atomic E-state index is 0.00321. The highest BCUT2D eigenvalue weighted by atomic mass is 16.2. The van der Waals surface area contributed by atoms with Crippen molar-refractivity contribution >= 4 is 16.9 Å². The van der Waals surface area contributed by atoms with E-state index >= 15 is 0 Å². The summed E-state index contributed by atoms with van der Waals surface area (Å²) >= 11 is 0. The number of fused-ring (bicyclic) bond motifs is 1. The lowest BCUT2D eigenvalue weighted by Gasteiger charge is -2.32.